The molecule has 0 radical (unpaired) electrons. The van der Waals surface area contributed by atoms with Crippen molar-refractivity contribution in [2.75, 3.05) is 26.3 Å². The van der Waals surface area contributed by atoms with Gasteiger partial charge in [-0.3, -0.25) is 19.3 Å². The summed E-state index contributed by atoms with van der Waals surface area (Å²) < 4.78 is 38.7. The summed E-state index contributed by atoms with van der Waals surface area (Å²) in [6, 6.07) is 5.66. The molecule has 3 rings (SSSR count). The Morgan fingerprint density at radius 2 is 2.03 bits per heavy atom. The molecule has 0 unspecified atom stereocenters. The molecule has 1 fully saturated rings. The van der Waals surface area contributed by atoms with Gasteiger partial charge in [-0.2, -0.15) is 8.78 Å². The summed E-state index contributed by atoms with van der Waals surface area (Å²) in [4.78, 5) is 37.6. The van der Waals surface area contributed by atoms with Gasteiger partial charge in [0.15, 0.2) is 0 Å². The molecule has 29 heavy (non-hydrogen) atoms. The highest BCUT2D eigenvalue weighted by atomic mass is 32.2. The van der Waals surface area contributed by atoms with Crippen LogP contribution < -0.4 is 10.1 Å². The third-order valence-electron chi connectivity index (χ3n) is 3.77. The van der Waals surface area contributed by atoms with Crippen molar-refractivity contribution < 1.29 is 37.4 Å². The molecule has 0 saturated carbocycles. The second kappa shape index (κ2) is 9.41. The van der Waals surface area contributed by atoms with Gasteiger partial charge in [0.25, 0.3) is 17.1 Å². The maximum absolute atomic E-state index is 12.4. The third-order valence-corrected chi connectivity index (χ3v) is 4.68. The number of alkyl halides is 2. The zero-order valence-corrected chi connectivity index (χ0v) is 15.7. The predicted molar refractivity (Wildman–Crippen MR) is 98.7 cm³/mol. The van der Waals surface area contributed by atoms with Crippen molar-refractivity contribution in [3.8, 4) is 5.75 Å². The average Bonchev–Trinajstić information content (AvgIpc) is 2.97. The molecule has 2 aliphatic heterocycles. The molecule has 154 valence electrons. The molecule has 2 aliphatic rings. The molecule has 0 aliphatic carbocycles. The Balaban J connectivity index is 1.55. The standard InChI is InChI=1S/C18H16F2N2O6S/c19-17(20)28-12-3-1-11(2-4-12)9-14-16(24)22(18(25)29-14)6-5-21-15(23)13-10-26-7-8-27-13/h1-4,9-10,17H,5-8H2,(H,21,23). The smallest absolute Gasteiger partial charge is 0.387 e. The lowest BCUT2D eigenvalue weighted by Crippen LogP contribution is -2.38. The highest BCUT2D eigenvalue weighted by molar-refractivity contribution is 8.18. The van der Waals surface area contributed by atoms with Crippen LogP contribution in [-0.2, 0) is 19.1 Å². The zero-order chi connectivity index (χ0) is 20.8. The minimum atomic E-state index is -2.92. The zero-order valence-electron chi connectivity index (χ0n) is 14.9. The maximum Gasteiger partial charge on any atom is 0.387 e. The number of imide groups is 1. The van der Waals surface area contributed by atoms with Crippen molar-refractivity contribution in [1.29, 1.82) is 0 Å². The second-order valence-corrected chi connectivity index (χ2v) is 6.73. The van der Waals surface area contributed by atoms with Gasteiger partial charge in [-0.25, -0.2) is 0 Å². The quantitative estimate of drug-likeness (QED) is 0.669. The van der Waals surface area contributed by atoms with Gasteiger partial charge < -0.3 is 19.5 Å². The highest BCUT2D eigenvalue weighted by Crippen LogP contribution is 2.32. The van der Waals surface area contributed by atoms with Crippen LogP contribution in [0.3, 0.4) is 0 Å². The number of nitrogens with one attached hydrogen (secondary N) is 1. The van der Waals surface area contributed by atoms with E-state index < -0.39 is 23.7 Å². The minimum Gasteiger partial charge on any atom is -0.494 e. The lowest BCUT2D eigenvalue weighted by Gasteiger charge is -2.16. The van der Waals surface area contributed by atoms with E-state index in [-0.39, 0.29) is 36.1 Å². The summed E-state index contributed by atoms with van der Waals surface area (Å²) in [5.41, 5.74) is 0.548. The summed E-state index contributed by atoms with van der Waals surface area (Å²) in [7, 11) is 0. The fourth-order valence-corrected chi connectivity index (χ4v) is 3.31. The number of carbonyl (C=O) groups excluding carboxylic acids is 3. The van der Waals surface area contributed by atoms with Crippen LogP contribution in [-0.4, -0.2) is 54.9 Å². The number of amides is 3. The lowest BCUT2D eigenvalue weighted by atomic mass is 10.2. The van der Waals surface area contributed by atoms with Gasteiger partial charge in [0.1, 0.15) is 25.2 Å². The number of carbonyl (C=O) groups is 3. The molecule has 3 amide bonds. The van der Waals surface area contributed by atoms with E-state index in [4.69, 9.17) is 9.47 Å². The number of ether oxygens (including phenoxy) is 3. The fraction of sp³-hybridized carbons (Fsp3) is 0.278. The molecule has 1 saturated heterocycles. The molecule has 0 bridgehead atoms. The molecular weight excluding hydrogens is 410 g/mol. The molecule has 11 heteroatoms. The number of thioether (sulfide) groups is 1. The minimum absolute atomic E-state index is 0.0107. The van der Waals surface area contributed by atoms with E-state index >= 15 is 0 Å². The molecule has 2 heterocycles. The summed E-state index contributed by atoms with van der Waals surface area (Å²) in [6.07, 6.45) is 2.69. The van der Waals surface area contributed by atoms with Gasteiger partial charge in [0.05, 0.1) is 4.91 Å². The first-order valence-corrected chi connectivity index (χ1v) is 9.28. The van der Waals surface area contributed by atoms with Crippen molar-refractivity contribution >= 4 is 34.9 Å². The summed E-state index contributed by atoms with van der Waals surface area (Å²) >= 11 is 0.757. The molecular formula is C18H16F2N2O6S. The van der Waals surface area contributed by atoms with Gasteiger partial charge in [-0.15, -0.1) is 0 Å². The van der Waals surface area contributed by atoms with Crippen LogP contribution >= 0.6 is 11.8 Å². The number of benzene rings is 1. The monoisotopic (exact) mass is 426 g/mol. The van der Waals surface area contributed by atoms with Gasteiger partial charge in [0, 0.05) is 13.1 Å². The topological polar surface area (TPSA) is 94.2 Å². The first kappa shape index (κ1) is 20.6. The first-order valence-electron chi connectivity index (χ1n) is 8.47. The highest BCUT2D eigenvalue weighted by Gasteiger charge is 2.34. The van der Waals surface area contributed by atoms with Crippen molar-refractivity contribution in [2.45, 2.75) is 6.61 Å². The van der Waals surface area contributed by atoms with Crippen LogP contribution in [0.15, 0.2) is 41.2 Å². The van der Waals surface area contributed by atoms with Crippen molar-refractivity contribution in [3.05, 3.63) is 46.8 Å². The van der Waals surface area contributed by atoms with Gasteiger partial charge in [0.2, 0.25) is 5.76 Å². The van der Waals surface area contributed by atoms with Crippen LogP contribution in [0.25, 0.3) is 6.08 Å². The first-order chi connectivity index (χ1) is 13.9. The van der Waals surface area contributed by atoms with Gasteiger partial charge in [-0.1, -0.05) is 12.1 Å². The van der Waals surface area contributed by atoms with Crippen LogP contribution in [0.2, 0.25) is 0 Å². The van der Waals surface area contributed by atoms with Crippen LogP contribution in [0.4, 0.5) is 13.6 Å². The Labute approximate surface area is 168 Å². The van der Waals surface area contributed by atoms with E-state index in [0.717, 1.165) is 16.7 Å². The number of hydrogen-bond acceptors (Lipinski definition) is 7. The van der Waals surface area contributed by atoms with Gasteiger partial charge >= 0.3 is 6.61 Å². The van der Waals surface area contributed by atoms with Crippen molar-refractivity contribution in [1.82, 2.24) is 10.2 Å². The summed E-state index contributed by atoms with van der Waals surface area (Å²) in [5.74, 6) is -0.982. The van der Waals surface area contributed by atoms with Crippen LogP contribution in [0.5, 0.6) is 5.75 Å². The molecule has 0 aromatic heterocycles. The molecule has 0 atom stereocenters. The number of nitrogens with zero attached hydrogens (tertiary/aromatic N) is 1. The Morgan fingerprint density at radius 3 is 2.69 bits per heavy atom. The Bertz CT molecular complexity index is 856. The second-order valence-electron chi connectivity index (χ2n) is 5.74. The van der Waals surface area contributed by atoms with E-state index in [9.17, 15) is 23.2 Å². The average molecular weight is 426 g/mol. The molecule has 0 spiro atoms. The van der Waals surface area contributed by atoms with Crippen molar-refractivity contribution in [3.63, 3.8) is 0 Å². The predicted octanol–water partition coefficient (Wildman–Crippen LogP) is 2.33. The lowest BCUT2D eigenvalue weighted by molar-refractivity contribution is -0.124. The maximum atomic E-state index is 12.4. The Morgan fingerprint density at radius 1 is 1.28 bits per heavy atom. The van der Waals surface area contributed by atoms with Crippen LogP contribution in [0.1, 0.15) is 5.56 Å². The Kier molecular flexibility index (Phi) is 6.70. The summed E-state index contributed by atoms with van der Waals surface area (Å²) in [5, 5.41) is 2.08. The fourth-order valence-electron chi connectivity index (χ4n) is 2.45. The van der Waals surface area contributed by atoms with Crippen LogP contribution in [0, 0.1) is 0 Å². The summed E-state index contributed by atoms with van der Waals surface area (Å²) in [6.45, 7) is -2.26. The third kappa shape index (κ3) is 5.47. The number of halogens is 2. The molecule has 8 nitrogen and oxygen atoms in total. The van der Waals surface area contributed by atoms with Gasteiger partial charge in [-0.05, 0) is 35.5 Å². The van der Waals surface area contributed by atoms with E-state index in [1.807, 2.05) is 0 Å². The molecule has 1 aromatic rings. The van der Waals surface area contributed by atoms with E-state index in [1.165, 1.54) is 36.6 Å². The SMILES string of the molecule is O=C(NCCN1C(=O)SC(=Cc2ccc(OC(F)F)cc2)C1=O)C1=COCCO1. The number of rotatable bonds is 7. The molecule has 1 N–H and O–H groups in total. The van der Waals surface area contributed by atoms with E-state index in [0.29, 0.717) is 12.2 Å². The van der Waals surface area contributed by atoms with E-state index in [2.05, 4.69) is 10.1 Å². The molecule has 1 aromatic carbocycles. The Hall–Kier alpha value is -3.08. The largest absolute Gasteiger partial charge is 0.494 e. The normalized spacial score (nSPS) is 17.8. The van der Waals surface area contributed by atoms with E-state index in [1.54, 1.807) is 0 Å². The van der Waals surface area contributed by atoms with Crippen molar-refractivity contribution in [2.24, 2.45) is 0 Å². The number of hydrogen-bond donors (Lipinski definition) is 1.